The molecule has 1 aromatic rings. The first-order valence-corrected chi connectivity index (χ1v) is 4.92. The van der Waals surface area contributed by atoms with Gasteiger partial charge in [0.15, 0.2) is 0 Å². The zero-order valence-electron chi connectivity index (χ0n) is 8.18. The molecule has 0 radical (unpaired) electrons. The van der Waals surface area contributed by atoms with Crippen LogP contribution in [0.25, 0.3) is 0 Å². The number of rotatable bonds is 4. The fraction of sp³-hybridized carbons (Fsp3) is 0.600. The highest BCUT2D eigenvalue weighted by Crippen LogP contribution is 2.35. The van der Waals surface area contributed by atoms with Gasteiger partial charge in [-0.2, -0.15) is 0 Å². The molecule has 1 atom stereocenters. The number of nitrogens with zero attached hydrogens (tertiary/aromatic N) is 2. The lowest BCUT2D eigenvalue weighted by Crippen LogP contribution is -2.14. The van der Waals surface area contributed by atoms with Crippen molar-refractivity contribution < 1.29 is 9.90 Å². The number of carboxylic acids is 1. The Balaban J connectivity index is 2.08. The van der Waals surface area contributed by atoms with Crippen LogP contribution < -0.4 is 0 Å². The smallest absolute Gasteiger partial charge is 0.306 e. The molecule has 0 aliphatic heterocycles. The quantitative estimate of drug-likeness (QED) is 0.789. The van der Waals surface area contributed by atoms with Crippen molar-refractivity contribution >= 4 is 5.97 Å². The fourth-order valence-electron chi connectivity index (χ4n) is 1.57. The molecule has 1 unspecified atom stereocenters. The number of carbonyl (C=O) groups is 1. The third kappa shape index (κ3) is 1.78. The van der Waals surface area contributed by atoms with Crippen LogP contribution in [0.5, 0.6) is 0 Å². The molecule has 1 aliphatic rings. The van der Waals surface area contributed by atoms with Gasteiger partial charge in [-0.1, -0.05) is 6.92 Å². The van der Waals surface area contributed by atoms with Crippen molar-refractivity contribution in [2.75, 3.05) is 0 Å². The number of hydrogen-bond acceptors (Lipinski definition) is 2. The molecule has 0 saturated heterocycles. The molecule has 4 heteroatoms. The second kappa shape index (κ2) is 3.44. The highest BCUT2D eigenvalue weighted by atomic mass is 16.4. The van der Waals surface area contributed by atoms with E-state index in [0.29, 0.717) is 12.5 Å². The molecular formula is C10H14N2O2. The van der Waals surface area contributed by atoms with Gasteiger partial charge in [0, 0.05) is 24.4 Å². The second-order valence-corrected chi connectivity index (χ2v) is 3.97. The van der Waals surface area contributed by atoms with E-state index in [1.165, 1.54) is 12.8 Å². The van der Waals surface area contributed by atoms with E-state index in [0.717, 1.165) is 5.69 Å². The Bertz CT molecular complexity index is 342. The lowest BCUT2D eigenvalue weighted by molar-refractivity contribution is -0.141. The van der Waals surface area contributed by atoms with Gasteiger partial charge in [-0.3, -0.25) is 4.79 Å². The Labute approximate surface area is 82.6 Å². The van der Waals surface area contributed by atoms with Crippen LogP contribution in [0.1, 0.15) is 31.5 Å². The number of carboxylic acid groups (broad SMARTS) is 1. The molecule has 76 valence electrons. The van der Waals surface area contributed by atoms with E-state index >= 15 is 0 Å². The second-order valence-electron chi connectivity index (χ2n) is 3.97. The largest absolute Gasteiger partial charge is 0.481 e. The fourth-order valence-corrected chi connectivity index (χ4v) is 1.57. The van der Waals surface area contributed by atoms with E-state index in [-0.39, 0.29) is 5.92 Å². The van der Waals surface area contributed by atoms with E-state index in [2.05, 4.69) is 9.55 Å². The van der Waals surface area contributed by atoms with Crippen LogP contribution in [-0.2, 0) is 11.2 Å². The summed E-state index contributed by atoms with van der Waals surface area (Å²) in [7, 11) is 0. The average molecular weight is 194 g/mol. The molecule has 1 aliphatic carbocycles. The molecule has 1 N–H and O–H groups in total. The van der Waals surface area contributed by atoms with E-state index in [9.17, 15) is 4.79 Å². The number of aromatic nitrogens is 2. The van der Waals surface area contributed by atoms with E-state index in [1.54, 1.807) is 13.1 Å². The first-order chi connectivity index (χ1) is 6.68. The van der Waals surface area contributed by atoms with Crippen LogP contribution in [0.2, 0.25) is 0 Å². The molecule has 1 saturated carbocycles. The predicted octanol–water partition coefficient (Wildman–Crippen LogP) is 1.48. The van der Waals surface area contributed by atoms with Crippen molar-refractivity contribution in [3.8, 4) is 0 Å². The lowest BCUT2D eigenvalue weighted by Gasteiger charge is -2.08. The predicted molar refractivity (Wildman–Crippen MR) is 51.0 cm³/mol. The zero-order chi connectivity index (χ0) is 10.1. The molecule has 14 heavy (non-hydrogen) atoms. The number of aliphatic carboxylic acids is 1. The molecule has 1 heterocycles. The van der Waals surface area contributed by atoms with Gasteiger partial charge in [0.2, 0.25) is 0 Å². The molecular weight excluding hydrogens is 180 g/mol. The van der Waals surface area contributed by atoms with Crippen LogP contribution in [-0.4, -0.2) is 20.6 Å². The van der Waals surface area contributed by atoms with E-state index < -0.39 is 5.97 Å². The highest BCUT2D eigenvalue weighted by molar-refractivity contribution is 5.69. The van der Waals surface area contributed by atoms with Gasteiger partial charge >= 0.3 is 5.97 Å². The van der Waals surface area contributed by atoms with Gasteiger partial charge in [-0.25, -0.2) is 4.98 Å². The van der Waals surface area contributed by atoms with Crippen LogP contribution in [0.4, 0.5) is 0 Å². The summed E-state index contributed by atoms with van der Waals surface area (Å²) in [6, 6.07) is 0.577. The summed E-state index contributed by atoms with van der Waals surface area (Å²) in [4.78, 5) is 14.8. The standard InChI is InChI=1S/C10H14N2O2/c1-7(10(13)14)4-9-5-11-6-12(9)8-2-3-8/h5-8H,2-4H2,1H3,(H,13,14). The van der Waals surface area contributed by atoms with Gasteiger partial charge < -0.3 is 9.67 Å². The molecule has 2 rings (SSSR count). The molecule has 0 aromatic carbocycles. The van der Waals surface area contributed by atoms with E-state index in [4.69, 9.17) is 5.11 Å². The Morgan fingerprint density at radius 1 is 1.79 bits per heavy atom. The third-order valence-corrected chi connectivity index (χ3v) is 2.62. The normalized spacial score (nSPS) is 18.1. The van der Waals surface area contributed by atoms with E-state index in [1.807, 2.05) is 6.33 Å². The summed E-state index contributed by atoms with van der Waals surface area (Å²) in [5.41, 5.74) is 1.04. The minimum Gasteiger partial charge on any atom is -0.481 e. The van der Waals surface area contributed by atoms with Gasteiger partial charge in [-0.05, 0) is 12.8 Å². The monoisotopic (exact) mass is 194 g/mol. The lowest BCUT2D eigenvalue weighted by atomic mass is 10.1. The SMILES string of the molecule is CC(Cc1cncn1C1CC1)C(=O)O. The van der Waals surface area contributed by atoms with Crippen molar-refractivity contribution in [3.05, 3.63) is 18.2 Å². The van der Waals surface area contributed by atoms with Gasteiger partial charge in [0.05, 0.1) is 12.2 Å². The molecule has 0 bridgehead atoms. The summed E-state index contributed by atoms with van der Waals surface area (Å²) in [6.07, 6.45) is 6.56. The van der Waals surface area contributed by atoms with Crippen molar-refractivity contribution in [1.82, 2.24) is 9.55 Å². The maximum absolute atomic E-state index is 10.7. The first-order valence-electron chi connectivity index (χ1n) is 4.92. The Morgan fingerprint density at radius 2 is 2.50 bits per heavy atom. The Morgan fingerprint density at radius 3 is 3.07 bits per heavy atom. The summed E-state index contributed by atoms with van der Waals surface area (Å²) in [5, 5.41) is 8.80. The minimum absolute atomic E-state index is 0.329. The molecule has 0 spiro atoms. The molecule has 4 nitrogen and oxygen atoms in total. The van der Waals surface area contributed by atoms with Gasteiger partial charge in [0.25, 0.3) is 0 Å². The first kappa shape index (κ1) is 9.24. The van der Waals surface area contributed by atoms with Crippen molar-refractivity contribution in [3.63, 3.8) is 0 Å². The molecule has 0 amide bonds. The summed E-state index contributed by atoms with van der Waals surface area (Å²) in [5.74, 6) is -1.07. The zero-order valence-corrected chi connectivity index (χ0v) is 8.18. The maximum atomic E-state index is 10.7. The van der Waals surface area contributed by atoms with Gasteiger partial charge in [-0.15, -0.1) is 0 Å². The topological polar surface area (TPSA) is 55.1 Å². The van der Waals surface area contributed by atoms with Gasteiger partial charge in [0.1, 0.15) is 0 Å². The van der Waals surface area contributed by atoms with Crippen LogP contribution >= 0.6 is 0 Å². The Hall–Kier alpha value is -1.32. The number of hydrogen-bond donors (Lipinski definition) is 1. The third-order valence-electron chi connectivity index (χ3n) is 2.62. The maximum Gasteiger partial charge on any atom is 0.306 e. The van der Waals surface area contributed by atoms with Crippen molar-refractivity contribution in [2.45, 2.75) is 32.2 Å². The van der Waals surface area contributed by atoms with Crippen LogP contribution in [0.15, 0.2) is 12.5 Å². The minimum atomic E-state index is -0.742. The summed E-state index contributed by atoms with van der Waals surface area (Å²) >= 11 is 0. The average Bonchev–Trinajstić information content (AvgIpc) is 2.88. The van der Waals surface area contributed by atoms with Crippen LogP contribution in [0.3, 0.4) is 0 Å². The van der Waals surface area contributed by atoms with Crippen molar-refractivity contribution in [1.29, 1.82) is 0 Å². The number of imidazole rings is 1. The summed E-state index contributed by atoms with van der Waals surface area (Å²) in [6.45, 7) is 1.73. The molecule has 1 aromatic heterocycles. The highest BCUT2D eigenvalue weighted by Gasteiger charge is 2.26. The summed E-state index contributed by atoms with van der Waals surface area (Å²) < 4.78 is 2.11. The van der Waals surface area contributed by atoms with Crippen molar-refractivity contribution in [2.24, 2.45) is 5.92 Å². The van der Waals surface area contributed by atoms with Crippen LogP contribution in [0, 0.1) is 5.92 Å². The molecule has 1 fully saturated rings. The Kier molecular flexibility index (Phi) is 2.27.